The van der Waals surface area contributed by atoms with E-state index in [-0.39, 0.29) is 17.4 Å². The lowest BCUT2D eigenvalue weighted by molar-refractivity contribution is 0.0685. The van der Waals surface area contributed by atoms with Crippen LogP contribution in [0, 0.1) is 0 Å². The summed E-state index contributed by atoms with van der Waals surface area (Å²) >= 11 is 0. The summed E-state index contributed by atoms with van der Waals surface area (Å²) in [6.07, 6.45) is 5.18. The third-order valence-corrected chi connectivity index (χ3v) is 5.10. The number of pyridine rings is 1. The minimum atomic E-state index is -0.938. The number of carbonyl (C=O) groups excluding carboxylic acids is 1. The van der Waals surface area contributed by atoms with Crippen molar-refractivity contribution in [2.45, 2.75) is 18.8 Å². The van der Waals surface area contributed by atoms with E-state index in [4.69, 9.17) is 0 Å². The van der Waals surface area contributed by atoms with Crippen LogP contribution in [-0.2, 0) is 0 Å². The first-order valence-corrected chi connectivity index (χ1v) is 9.20. The van der Waals surface area contributed by atoms with Gasteiger partial charge in [-0.1, -0.05) is 12.1 Å². The molecule has 1 atom stereocenters. The molecule has 0 radical (unpaired) electrons. The third kappa shape index (κ3) is 3.64. The van der Waals surface area contributed by atoms with Crippen molar-refractivity contribution in [2.75, 3.05) is 13.1 Å². The second-order valence-electron chi connectivity index (χ2n) is 6.92. The molecule has 142 valence electrons. The highest BCUT2D eigenvalue weighted by molar-refractivity contribution is 5.93. The number of aromatic carboxylic acids is 1. The van der Waals surface area contributed by atoms with Crippen LogP contribution in [0.2, 0.25) is 0 Å². The Labute approximate surface area is 162 Å². The van der Waals surface area contributed by atoms with E-state index in [9.17, 15) is 14.7 Å². The van der Waals surface area contributed by atoms with E-state index in [1.165, 1.54) is 0 Å². The van der Waals surface area contributed by atoms with Gasteiger partial charge >= 0.3 is 5.97 Å². The van der Waals surface area contributed by atoms with Crippen LogP contribution in [-0.4, -0.2) is 50.2 Å². The first-order valence-electron chi connectivity index (χ1n) is 9.20. The average Bonchev–Trinajstić information content (AvgIpc) is 3.24. The largest absolute Gasteiger partial charge is 0.478 e. The van der Waals surface area contributed by atoms with Gasteiger partial charge in [-0.2, -0.15) is 5.10 Å². The number of hydrogen-bond acceptors (Lipinski definition) is 4. The number of aromatic amines is 1. The summed E-state index contributed by atoms with van der Waals surface area (Å²) in [6.45, 7) is 1.24. The molecule has 0 unspecified atom stereocenters. The van der Waals surface area contributed by atoms with Gasteiger partial charge in [0.1, 0.15) is 5.69 Å². The summed E-state index contributed by atoms with van der Waals surface area (Å²) in [6, 6.07) is 12.4. The molecule has 3 heterocycles. The van der Waals surface area contributed by atoms with Crippen molar-refractivity contribution in [2.24, 2.45) is 0 Å². The van der Waals surface area contributed by atoms with Crippen molar-refractivity contribution in [3.8, 4) is 11.3 Å². The second-order valence-corrected chi connectivity index (χ2v) is 6.92. The maximum atomic E-state index is 12.9. The van der Waals surface area contributed by atoms with E-state index in [0.717, 1.165) is 24.0 Å². The molecule has 1 fully saturated rings. The molecule has 7 nitrogen and oxygen atoms in total. The molecular formula is C21H20N4O3. The predicted octanol–water partition coefficient (Wildman–Crippen LogP) is 3.19. The molecule has 28 heavy (non-hydrogen) atoms. The Morgan fingerprint density at radius 3 is 2.75 bits per heavy atom. The van der Waals surface area contributed by atoms with Gasteiger partial charge in [-0.05, 0) is 48.7 Å². The number of nitrogens with one attached hydrogen (secondary N) is 1. The quantitative estimate of drug-likeness (QED) is 0.728. The predicted molar refractivity (Wildman–Crippen MR) is 103 cm³/mol. The number of nitrogens with zero attached hydrogens (tertiary/aromatic N) is 3. The van der Waals surface area contributed by atoms with Crippen LogP contribution in [0.1, 0.15) is 45.2 Å². The number of aromatic nitrogens is 3. The molecule has 2 aromatic heterocycles. The molecule has 0 bridgehead atoms. The Balaban J connectivity index is 1.50. The molecule has 4 rings (SSSR count). The minimum absolute atomic E-state index is 0.0908. The summed E-state index contributed by atoms with van der Waals surface area (Å²) in [5.41, 5.74) is 3.28. The Morgan fingerprint density at radius 1 is 1.14 bits per heavy atom. The number of carboxylic acids is 1. The average molecular weight is 376 g/mol. The van der Waals surface area contributed by atoms with Gasteiger partial charge in [-0.25, -0.2) is 4.79 Å². The van der Waals surface area contributed by atoms with Crippen molar-refractivity contribution in [1.29, 1.82) is 0 Å². The number of carbonyl (C=O) groups is 2. The van der Waals surface area contributed by atoms with Crippen LogP contribution in [0.25, 0.3) is 11.3 Å². The maximum absolute atomic E-state index is 12.9. The lowest BCUT2D eigenvalue weighted by Crippen LogP contribution is -2.39. The van der Waals surface area contributed by atoms with E-state index in [0.29, 0.717) is 24.5 Å². The number of hydrogen-bond donors (Lipinski definition) is 2. The third-order valence-electron chi connectivity index (χ3n) is 5.10. The summed E-state index contributed by atoms with van der Waals surface area (Å²) in [7, 11) is 0. The number of benzene rings is 1. The Bertz CT molecular complexity index is 1000. The van der Waals surface area contributed by atoms with E-state index < -0.39 is 5.97 Å². The highest BCUT2D eigenvalue weighted by atomic mass is 16.4. The number of carboxylic acid groups (broad SMARTS) is 1. The Kier molecular flexibility index (Phi) is 4.89. The monoisotopic (exact) mass is 376 g/mol. The van der Waals surface area contributed by atoms with Crippen molar-refractivity contribution in [1.82, 2.24) is 20.1 Å². The zero-order valence-corrected chi connectivity index (χ0v) is 15.2. The molecule has 1 aliphatic rings. The first-order chi connectivity index (χ1) is 13.6. The van der Waals surface area contributed by atoms with Gasteiger partial charge in [-0.3, -0.25) is 14.9 Å². The molecule has 0 spiro atoms. The molecule has 1 aliphatic heterocycles. The fourth-order valence-corrected chi connectivity index (χ4v) is 3.63. The zero-order chi connectivity index (χ0) is 19.5. The number of likely N-dealkylation sites (tertiary alicyclic amines) is 1. The maximum Gasteiger partial charge on any atom is 0.335 e. The van der Waals surface area contributed by atoms with Crippen LogP contribution >= 0.6 is 0 Å². The summed E-state index contributed by atoms with van der Waals surface area (Å²) in [5.74, 6) is -0.904. The van der Waals surface area contributed by atoms with Gasteiger partial charge < -0.3 is 10.0 Å². The van der Waals surface area contributed by atoms with Gasteiger partial charge in [0.2, 0.25) is 0 Å². The number of piperidine rings is 1. The molecule has 3 aromatic rings. The SMILES string of the molecule is O=C(O)c1cccc([C@H]2CCCN(C(=O)c3cc(-c4ccncc4)n[nH]3)C2)c1. The van der Waals surface area contributed by atoms with Gasteiger partial charge in [0, 0.05) is 37.0 Å². The van der Waals surface area contributed by atoms with Crippen LogP contribution in [0.15, 0.2) is 54.9 Å². The molecule has 2 N–H and O–H groups in total. The van der Waals surface area contributed by atoms with Crippen molar-refractivity contribution < 1.29 is 14.7 Å². The zero-order valence-electron chi connectivity index (χ0n) is 15.2. The number of amides is 1. The standard InChI is InChI=1S/C21H20N4O3/c26-20(19-12-18(23-24-19)14-6-8-22-9-7-14)25-10-2-5-17(13-25)15-3-1-4-16(11-15)21(27)28/h1,3-4,6-9,11-12,17H,2,5,10,13H2,(H,23,24)(H,27,28)/t17-/m0/s1. The van der Waals surface area contributed by atoms with Crippen molar-refractivity contribution >= 4 is 11.9 Å². The van der Waals surface area contributed by atoms with Crippen molar-refractivity contribution in [3.63, 3.8) is 0 Å². The van der Waals surface area contributed by atoms with Gasteiger partial charge in [0.05, 0.1) is 11.3 Å². The second kappa shape index (κ2) is 7.64. The summed E-state index contributed by atoms with van der Waals surface area (Å²) in [5, 5.41) is 16.3. The van der Waals surface area contributed by atoms with Crippen molar-refractivity contribution in [3.05, 3.63) is 71.7 Å². The summed E-state index contributed by atoms with van der Waals surface area (Å²) < 4.78 is 0. The normalized spacial score (nSPS) is 16.7. The molecule has 7 heteroatoms. The van der Waals surface area contributed by atoms with E-state index in [2.05, 4.69) is 15.2 Å². The van der Waals surface area contributed by atoms with Gasteiger partial charge in [0.25, 0.3) is 5.91 Å². The lowest BCUT2D eigenvalue weighted by Gasteiger charge is -2.32. The highest BCUT2D eigenvalue weighted by Crippen LogP contribution is 2.28. The fourth-order valence-electron chi connectivity index (χ4n) is 3.63. The smallest absolute Gasteiger partial charge is 0.335 e. The van der Waals surface area contributed by atoms with E-state index in [1.807, 2.05) is 23.1 Å². The minimum Gasteiger partial charge on any atom is -0.478 e. The lowest BCUT2D eigenvalue weighted by atomic mass is 9.89. The molecular weight excluding hydrogens is 356 g/mol. The van der Waals surface area contributed by atoms with E-state index >= 15 is 0 Å². The Morgan fingerprint density at radius 2 is 1.96 bits per heavy atom. The van der Waals surface area contributed by atoms with Gasteiger partial charge in [0.15, 0.2) is 0 Å². The van der Waals surface area contributed by atoms with Crippen LogP contribution < -0.4 is 0 Å². The molecule has 1 aromatic carbocycles. The number of H-pyrrole nitrogens is 1. The summed E-state index contributed by atoms with van der Waals surface area (Å²) in [4.78, 5) is 30.0. The fraction of sp³-hybridized carbons (Fsp3) is 0.238. The number of rotatable bonds is 4. The topological polar surface area (TPSA) is 99.2 Å². The molecule has 0 saturated carbocycles. The molecule has 1 amide bonds. The van der Waals surface area contributed by atoms with Crippen LogP contribution in [0.3, 0.4) is 0 Å². The van der Waals surface area contributed by atoms with Crippen LogP contribution in [0.5, 0.6) is 0 Å². The van der Waals surface area contributed by atoms with Gasteiger partial charge in [-0.15, -0.1) is 0 Å². The van der Waals surface area contributed by atoms with E-state index in [1.54, 1.807) is 36.7 Å². The molecule has 0 aliphatic carbocycles. The van der Waals surface area contributed by atoms with Crippen LogP contribution in [0.4, 0.5) is 0 Å². The Hall–Kier alpha value is -3.48. The first kappa shape index (κ1) is 17.9. The highest BCUT2D eigenvalue weighted by Gasteiger charge is 2.27. The molecule has 1 saturated heterocycles.